The third-order valence-electron chi connectivity index (χ3n) is 4.78. The average Bonchev–Trinajstić information content (AvgIpc) is 3.20. The first-order valence-electron chi connectivity index (χ1n) is 9.71. The number of rotatable bonds is 8. The van der Waals surface area contributed by atoms with Crippen molar-refractivity contribution in [3.63, 3.8) is 0 Å². The molecule has 0 spiro atoms. The van der Waals surface area contributed by atoms with E-state index in [9.17, 15) is 0 Å². The number of hydrogen-bond donors (Lipinski definition) is 2. The summed E-state index contributed by atoms with van der Waals surface area (Å²) < 4.78 is 14.7. The number of pyridine rings is 1. The molecule has 0 fully saturated rings. The number of nitrogens with zero attached hydrogens (tertiary/aromatic N) is 3. The predicted molar refractivity (Wildman–Crippen MR) is 135 cm³/mol. The predicted octanol–water partition coefficient (Wildman–Crippen LogP) is 6.40. The van der Waals surface area contributed by atoms with Gasteiger partial charge in [-0.05, 0) is 54.2 Å². The summed E-state index contributed by atoms with van der Waals surface area (Å²) in [5.74, 6) is 1.82. The van der Waals surface area contributed by atoms with Crippen LogP contribution in [0.2, 0.25) is 10.0 Å². The van der Waals surface area contributed by atoms with Gasteiger partial charge in [0.15, 0.2) is 17.3 Å². The number of nitrogens with one attached hydrogen (secondary N) is 2. The smallest absolute Gasteiger partial charge is 0.214 e. The molecule has 0 aliphatic carbocycles. The van der Waals surface area contributed by atoms with E-state index in [1.807, 2.05) is 30.3 Å². The van der Waals surface area contributed by atoms with E-state index in [-0.39, 0.29) is 6.61 Å². The molecule has 2 aromatic carbocycles. The monoisotopic (exact) mass is 565 g/mol. The summed E-state index contributed by atoms with van der Waals surface area (Å²) in [4.78, 5) is 4.05. The zero-order valence-corrected chi connectivity index (χ0v) is 21.2. The molecule has 4 aromatic rings. The van der Waals surface area contributed by atoms with Crippen molar-refractivity contribution in [3.8, 4) is 22.9 Å². The topological polar surface area (TPSA) is 77.0 Å². The SMILES string of the molecule is COc1ccc(Br)c(CNn2c(-c3ccncc3)n[nH]c2=S)c1OCc1ccc(Cl)c(Cl)c1. The van der Waals surface area contributed by atoms with Gasteiger partial charge in [0, 0.05) is 28.0 Å². The second kappa shape index (κ2) is 10.6. The Hall–Kier alpha value is -2.59. The second-order valence-electron chi connectivity index (χ2n) is 6.85. The molecular formula is C22H18BrCl2N5O2S. The Kier molecular flexibility index (Phi) is 7.54. The molecule has 0 bridgehead atoms. The summed E-state index contributed by atoms with van der Waals surface area (Å²) in [6, 6.07) is 12.8. The Labute approximate surface area is 213 Å². The highest BCUT2D eigenvalue weighted by Gasteiger charge is 2.17. The Morgan fingerprint density at radius 3 is 2.64 bits per heavy atom. The second-order valence-corrected chi connectivity index (χ2v) is 8.91. The summed E-state index contributed by atoms with van der Waals surface area (Å²) in [6.07, 6.45) is 3.40. The minimum atomic E-state index is 0.282. The van der Waals surface area contributed by atoms with Crippen molar-refractivity contribution < 1.29 is 9.47 Å². The molecule has 11 heteroatoms. The molecule has 0 unspecified atom stereocenters. The molecule has 0 aliphatic rings. The highest BCUT2D eigenvalue weighted by atomic mass is 79.9. The van der Waals surface area contributed by atoms with Crippen molar-refractivity contribution in [1.82, 2.24) is 19.9 Å². The van der Waals surface area contributed by atoms with Crippen molar-refractivity contribution in [2.45, 2.75) is 13.2 Å². The quantitative estimate of drug-likeness (QED) is 0.240. The summed E-state index contributed by atoms with van der Waals surface area (Å²) in [5, 5.41) is 8.12. The number of halogens is 3. The van der Waals surface area contributed by atoms with E-state index in [2.05, 4.69) is 36.5 Å². The Morgan fingerprint density at radius 2 is 1.91 bits per heavy atom. The summed E-state index contributed by atoms with van der Waals surface area (Å²) in [6.45, 7) is 0.657. The molecule has 4 rings (SSSR count). The molecule has 7 nitrogen and oxygen atoms in total. The van der Waals surface area contributed by atoms with Gasteiger partial charge in [-0.25, -0.2) is 9.77 Å². The third-order valence-corrected chi connectivity index (χ3v) is 6.53. The molecular weight excluding hydrogens is 549 g/mol. The van der Waals surface area contributed by atoms with E-state index in [0.29, 0.717) is 38.7 Å². The number of methoxy groups -OCH3 is 1. The Balaban J connectivity index is 1.61. The third kappa shape index (κ3) is 5.33. The van der Waals surface area contributed by atoms with Crippen molar-refractivity contribution in [2.24, 2.45) is 0 Å². The zero-order valence-electron chi connectivity index (χ0n) is 17.3. The highest BCUT2D eigenvalue weighted by Crippen LogP contribution is 2.37. The molecule has 33 heavy (non-hydrogen) atoms. The first-order valence-corrected chi connectivity index (χ1v) is 11.7. The van der Waals surface area contributed by atoms with Crippen LogP contribution in [0.1, 0.15) is 11.1 Å². The van der Waals surface area contributed by atoms with Gasteiger partial charge in [-0.15, -0.1) is 0 Å². The molecule has 2 heterocycles. The molecule has 0 aliphatic heterocycles. The van der Waals surface area contributed by atoms with Crippen LogP contribution in [0, 0.1) is 4.77 Å². The van der Waals surface area contributed by atoms with Crippen molar-refractivity contribution in [2.75, 3.05) is 12.5 Å². The van der Waals surface area contributed by atoms with Gasteiger partial charge in [-0.3, -0.25) is 4.98 Å². The number of benzene rings is 2. The van der Waals surface area contributed by atoms with Crippen molar-refractivity contribution in [1.29, 1.82) is 0 Å². The summed E-state index contributed by atoms with van der Waals surface area (Å²) >= 11 is 21.2. The lowest BCUT2D eigenvalue weighted by atomic mass is 10.1. The first kappa shape index (κ1) is 23.6. The fourth-order valence-corrected chi connectivity index (χ4v) is 4.12. The lowest BCUT2D eigenvalue weighted by molar-refractivity contribution is 0.281. The van der Waals surface area contributed by atoms with Crippen LogP contribution in [-0.2, 0) is 13.2 Å². The fourth-order valence-electron chi connectivity index (χ4n) is 3.15. The van der Waals surface area contributed by atoms with E-state index in [0.717, 1.165) is 21.2 Å². The summed E-state index contributed by atoms with van der Waals surface area (Å²) in [7, 11) is 1.60. The molecule has 0 saturated heterocycles. The van der Waals surface area contributed by atoms with E-state index < -0.39 is 0 Å². The largest absolute Gasteiger partial charge is 0.493 e. The molecule has 2 N–H and O–H groups in total. The lowest BCUT2D eigenvalue weighted by Crippen LogP contribution is -2.17. The van der Waals surface area contributed by atoms with E-state index >= 15 is 0 Å². The molecule has 170 valence electrons. The van der Waals surface area contributed by atoms with Crippen LogP contribution in [0.4, 0.5) is 0 Å². The van der Waals surface area contributed by atoms with E-state index in [1.54, 1.807) is 36.3 Å². The summed E-state index contributed by atoms with van der Waals surface area (Å²) in [5.41, 5.74) is 5.91. The Bertz CT molecular complexity index is 1330. The maximum Gasteiger partial charge on any atom is 0.214 e. The standard InChI is InChI=1S/C22H18BrCl2N5O2S/c1-31-19-5-3-16(23)15(20(19)32-12-13-2-4-17(24)18(25)10-13)11-27-30-21(28-29-22(30)33)14-6-8-26-9-7-14/h2-10,27H,11-12H2,1H3,(H,29,33). The minimum Gasteiger partial charge on any atom is -0.493 e. The maximum atomic E-state index is 6.17. The average molecular weight is 567 g/mol. The van der Waals surface area contributed by atoms with Gasteiger partial charge in [0.25, 0.3) is 0 Å². The normalized spacial score (nSPS) is 10.8. The van der Waals surface area contributed by atoms with Crippen LogP contribution >= 0.6 is 51.3 Å². The van der Waals surface area contributed by atoms with Crippen LogP contribution in [0.25, 0.3) is 11.4 Å². The van der Waals surface area contributed by atoms with Crippen molar-refractivity contribution in [3.05, 3.63) is 85.3 Å². The van der Waals surface area contributed by atoms with Crippen LogP contribution in [0.3, 0.4) is 0 Å². The van der Waals surface area contributed by atoms with Gasteiger partial charge in [0.1, 0.15) is 6.61 Å². The van der Waals surface area contributed by atoms with Crippen LogP contribution in [-0.4, -0.2) is 27.0 Å². The number of aromatic amines is 1. The molecule has 0 amide bonds. The van der Waals surface area contributed by atoms with E-state index in [4.69, 9.17) is 44.9 Å². The van der Waals surface area contributed by atoms with Gasteiger partial charge in [0.05, 0.1) is 23.7 Å². The van der Waals surface area contributed by atoms with Gasteiger partial charge in [0.2, 0.25) is 4.77 Å². The number of H-pyrrole nitrogens is 1. The first-order chi connectivity index (χ1) is 16.0. The van der Waals surface area contributed by atoms with Gasteiger partial charge in [-0.2, -0.15) is 5.10 Å². The van der Waals surface area contributed by atoms with E-state index in [1.165, 1.54) is 0 Å². The number of hydrogen-bond acceptors (Lipinski definition) is 6. The minimum absolute atomic E-state index is 0.282. The zero-order chi connectivity index (χ0) is 23.4. The molecule has 2 aromatic heterocycles. The molecule has 0 saturated carbocycles. The molecule has 0 atom stereocenters. The maximum absolute atomic E-state index is 6.17. The Morgan fingerprint density at radius 1 is 1.12 bits per heavy atom. The van der Waals surface area contributed by atoms with Crippen LogP contribution in [0.15, 0.2) is 59.3 Å². The highest BCUT2D eigenvalue weighted by molar-refractivity contribution is 9.10. The fraction of sp³-hybridized carbons (Fsp3) is 0.136. The van der Waals surface area contributed by atoms with Crippen LogP contribution in [0.5, 0.6) is 11.5 Å². The van der Waals surface area contributed by atoms with Gasteiger partial charge >= 0.3 is 0 Å². The van der Waals surface area contributed by atoms with Crippen LogP contribution < -0.4 is 14.9 Å². The van der Waals surface area contributed by atoms with Crippen molar-refractivity contribution >= 4 is 51.3 Å². The number of ether oxygens (including phenoxy) is 2. The molecule has 0 radical (unpaired) electrons. The lowest BCUT2D eigenvalue weighted by Gasteiger charge is -2.18. The van der Waals surface area contributed by atoms with Gasteiger partial charge < -0.3 is 14.9 Å². The van der Waals surface area contributed by atoms with Gasteiger partial charge in [-0.1, -0.05) is 45.2 Å². The number of aromatic nitrogens is 4.